The van der Waals surface area contributed by atoms with Crippen LogP contribution in [0.1, 0.15) is 0 Å². The van der Waals surface area contributed by atoms with E-state index in [0.717, 1.165) is 21.7 Å². The summed E-state index contributed by atoms with van der Waals surface area (Å²) in [6.07, 6.45) is 0. The normalized spacial score (nSPS) is 11.5. The summed E-state index contributed by atoms with van der Waals surface area (Å²) in [4.78, 5) is 41.6. The molecule has 10 nitrogen and oxygen atoms in total. The fourth-order valence-corrected chi connectivity index (χ4v) is 5.67. The van der Waals surface area contributed by atoms with Gasteiger partial charge in [-0.15, -0.1) is 0 Å². The Hall–Kier alpha value is -5.41. The molecule has 0 aliphatic carbocycles. The maximum atomic E-state index is 12.4. The zero-order chi connectivity index (χ0) is 30.3. The number of nitrogens with zero attached hydrogens (tertiary/aromatic N) is 2. The number of hydrogen-bond donors (Lipinski definition) is 2. The summed E-state index contributed by atoms with van der Waals surface area (Å²) in [6, 6.07) is 32.1. The molecule has 0 aromatic heterocycles. The molecule has 0 aliphatic heterocycles. The van der Waals surface area contributed by atoms with E-state index in [1.54, 1.807) is 24.3 Å². The van der Waals surface area contributed by atoms with Gasteiger partial charge in [-0.1, -0.05) is 48.5 Å². The quantitative estimate of drug-likeness (QED) is 0.107. The van der Waals surface area contributed by atoms with Crippen molar-refractivity contribution in [1.29, 1.82) is 0 Å². The maximum Gasteiger partial charge on any atom is 0.524 e. The molecule has 0 aliphatic rings. The Morgan fingerprint density at radius 1 is 0.581 bits per heavy atom. The number of nitro benzene ring substituents is 2. The molecule has 0 fully saturated rings. The van der Waals surface area contributed by atoms with Gasteiger partial charge in [0.15, 0.2) is 0 Å². The number of phosphoric ester groups is 1. The molecule has 0 amide bonds. The molecule has 43 heavy (non-hydrogen) atoms. The van der Waals surface area contributed by atoms with Gasteiger partial charge >= 0.3 is 7.82 Å². The third-order valence-corrected chi connectivity index (χ3v) is 7.56. The first-order valence-electron chi connectivity index (χ1n) is 12.9. The topological polar surface area (TPSA) is 153 Å². The molecule has 6 aromatic carbocycles. The predicted molar refractivity (Wildman–Crippen MR) is 164 cm³/mol. The molecule has 0 unspecified atom stereocenters. The lowest BCUT2D eigenvalue weighted by molar-refractivity contribution is -0.385. The summed E-state index contributed by atoms with van der Waals surface area (Å²) < 4.78 is 17.9. The highest BCUT2D eigenvalue weighted by molar-refractivity contribution is 7.46. The minimum atomic E-state index is -5.10. The first-order valence-corrected chi connectivity index (χ1v) is 14.5. The Bertz CT molecular complexity index is 2110. The molecule has 0 saturated heterocycles. The Morgan fingerprint density at radius 3 is 1.65 bits per heavy atom. The van der Waals surface area contributed by atoms with Gasteiger partial charge in [0.1, 0.15) is 5.75 Å². The molecule has 6 aromatic rings. The molecule has 0 saturated carbocycles. The van der Waals surface area contributed by atoms with Crippen molar-refractivity contribution in [3.8, 4) is 39.1 Å². The molecular formula is C32H21N2O8P. The second-order valence-electron chi connectivity index (χ2n) is 9.78. The van der Waals surface area contributed by atoms with Gasteiger partial charge in [0.2, 0.25) is 0 Å². The van der Waals surface area contributed by atoms with Crippen LogP contribution in [0.25, 0.3) is 54.9 Å². The lowest BCUT2D eigenvalue weighted by Crippen LogP contribution is -1.98. The van der Waals surface area contributed by atoms with E-state index in [9.17, 15) is 34.6 Å². The van der Waals surface area contributed by atoms with Gasteiger partial charge < -0.3 is 4.52 Å². The van der Waals surface area contributed by atoms with Crippen LogP contribution < -0.4 is 4.52 Å². The molecule has 2 N–H and O–H groups in total. The van der Waals surface area contributed by atoms with Gasteiger partial charge in [0, 0.05) is 35.4 Å². The van der Waals surface area contributed by atoms with Crippen molar-refractivity contribution in [2.24, 2.45) is 0 Å². The molecule has 0 heterocycles. The SMILES string of the molecule is O=[N+]([O-])c1ccc(-c2cc(-c3c(OP(=O)(O)O)c(-c4ccc([N+](=O)[O-])cc4)cc4ccccc34)c3ccccc3c2)cc1. The highest BCUT2D eigenvalue weighted by atomic mass is 31.2. The maximum absolute atomic E-state index is 12.4. The summed E-state index contributed by atoms with van der Waals surface area (Å²) in [5.41, 5.74) is 3.03. The number of nitro groups is 2. The van der Waals surface area contributed by atoms with E-state index in [1.807, 2.05) is 54.6 Å². The number of non-ortho nitro benzene ring substituents is 2. The molecule has 0 bridgehead atoms. The van der Waals surface area contributed by atoms with E-state index in [4.69, 9.17) is 4.52 Å². The second-order valence-corrected chi connectivity index (χ2v) is 10.9. The van der Waals surface area contributed by atoms with Crippen LogP contribution in [-0.4, -0.2) is 19.6 Å². The molecule has 11 heteroatoms. The van der Waals surface area contributed by atoms with E-state index in [0.29, 0.717) is 33.2 Å². The Kier molecular flexibility index (Phi) is 6.95. The van der Waals surface area contributed by atoms with Crippen molar-refractivity contribution in [1.82, 2.24) is 0 Å². The molecule has 0 spiro atoms. The average molecular weight is 593 g/mol. The van der Waals surface area contributed by atoms with E-state index in [-0.39, 0.29) is 17.1 Å². The molecule has 0 radical (unpaired) electrons. The van der Waals surface area contributed by atoms with Crippen LogP contribution in [-0.2, 0) is 4.57 Å². The largest absolute Gasteiger partial charge is 0.524 e. The van der Waals surface area contributed by atoms with Crippen LogP contribution in [0.4, 0.5) is 11.4 Å². The number of rotatable bonds is 7. The molecule has 212 valence electrons. The zero-order valence-corrected chi connectivity index (χ0v) is 23.0. The number of hydrogen-bond acceptors (Lipinski definition) is 6. The van der Waals surface area contributed by atoms with Crippen LogP contribution in [0.3, 0.4) is 0 Å². The first kappa shape index (κ1) is 27.7. The number of fused-ring (bicyclic) bond motifs is 2. The van der Waals surface area contributed by atoms with Gasteiger partial charge in [0.05, 0.1) is 9.85 Å². The number of benzene rings is 6. The molecule has 6 rings (SSSR count). The number of phosphoric acid groups is 1. The van der Waals surface area contributed by atoms with Crippen LogP contribution in [0, 0.1) is 20.2 Å². The summed E-state index contributed by atoms with van der Waals surface area (Å²) in [6.45, 7) is 0. The zero-order valence-electron chi connectivity index (χ0n) is 22.2. The van der Waals surface area contributed by atoms with Crippen LogP contribution in [0.2, 0.25) is 0 Å². The first-order chi connectivity index (χ1) is 20.6. The van der Waals surface area contributed by atoms with E-state index >= 15 is 0 Å². The van der Waals surface area contributed by atoms with E-state index in [2.05, 4.69) is 0 Å². The Labute approximate surface area is 244 Å². The highest BCUT2D eigenvalue weighted by Crippen LogP contribution is 2.52. The van der Waals surface area contributed by atoms with Crippen molar-refractivity contribution in [3.05, 3.63) is 135 Å². The summed E-state index contributed by atoms with van der Waals surface area (Å²) in [5.74, 6) is -0.0908. The minimum absolute atomic E-state index is 0.0520. The molecule has 0 atom stereocenters. The van der Waals surface area contributed by atoms with Gasteiger partial charge in [-0.3, -0.25) is 30.0 Å². The highest BCUT2D eigenvalue weighted by Gasteiger charge is 2.26. The van der Waals surface area contributed by atoms with Crippen LogP contribution >= 0.6 is 7.82 Å². The lowest BCUT2D eigenvalue weighted by atomic mass is 9.87. The third-order valence-electron chi connectivity index (χ3n) is 7.14. The van der Waals surface area contributed by atoms with Crippen molar-refractivity contribution < 1.29 is 28.7 Å². The van der Waals surface area contributed by atoms with Gasteiger partial charge in [0.25, 0.3) is 11.4 Å². The second kappa shape index (κ2) is 10.8. The van der Waals surface area contributed by atoms with Gasteiger partial charge in [-0.2, -0.15) is 0 Å². The average Bonchev–Trinajstić information content (AvgIpc) is 2.99. The summed E-state index contributed by atoms with van der Waals surface area (Å²) >= 11 is 0. The summed E-state index contributed by atoms with van der Waals surface area (Å²) in [7, 11) is -5.10. The van der Waals surface area contributed by atoms with Gasteiger partial charge in [-0.05, 0) is 86.3 Å². The van der Waals surface area contributed by atoms with Crippen LogP contribution in [0.5, 0.6) is 5.75 Å². The molecular weight excluding hydrogens is 571 g/mol. The monoisotopic (exact) mass is 592 g/mol. The smallest absolute Gasteiger partial charge is 0.403 e. The summed E-state index contributed by atoms with van der Waals surface area (Å²) in [5, 5.41) is 25.5. The van der Waals surface area contributed by atoms with E-state index < -0.39 is 17.7 Å². The fourth-order valence-electron chi connectivity index (χ4n) is 5.25. The fraction of sp³-hybridized carbons (Fsp3) is 0. The van der Waals surface area contributed by atoms with Crippen molar-refractivity contribution in [2.45, 2.75) is 0 Å². The van der Waals surface area contributed by atoms with Crippen molar-refractivity contribution >= 4 is 40.7 Å². The van der Waals surface area contributed by atoms with Gasteiger partial charge in [-0.25, -0.2) is 4.57 Å². The Morgan fingerprint density at radius 2 is 1.09 bits per heavy atom. The Balaban J connectivity index is 1.71. The van der Waals surface area contributed by atoms with E-state index in [1.165, 1.54) is 36.4 Å². The van der Waals surface area contributed by atoms with Crippen LogP contribution in [0.15, 0.2) is 115 Å². The van der Waals surface area contributed by atoms with Crippen molar-refractivity contribution in [2.75, 3.05) is 0 Å². The third kappa shape index (κ3) is 5.45. The predicted octanol–water partition coefficient (Wildman–Crippen LogP) is 8.28. The standard InChI is InChI=1S/C32H21N2O8P/c35-33(36)25-13-9-20(10-14-25)24-17-22-5-1-3-7-27(22)30(19-24)31-28-8-4-2-6-23(28)18-29(32(31)42-43(39,40)41)21-11-15-26(16-12-21)34(37)38/h1-19H,(H2,39,40,41). The minimum Gasteiger partial charge on any atom is -0.403 e. The van der Waals surface area contributed by atoms with Crippen molar-refractivity contribution in [3.63, 3.8) is 0 Å². The lowest BCUT2D eigenvalue weighted by Gasteiger charge is -2.21.